The smallest absolute Gasteiger partial charge is 0.242 e. The maximum Gasteiger partial charge on any atom is 0.242 e. The van der Waals surface area contributed by atoms with E-state index < -0.39 is 35.0 Å². The summed E-state index contributed by atoms with van der Waals surface area (Å²) in [5.74, 6) is -3.49. The van der Waals surface area contributed by atoms with Crippen LogP contribution in [0.25, 0.3) is 31.4 Å². The van der Waals surface area contributed by atoms with Crippen molar-refractivity contribution in [2.24, 2.45) is 36.1 Å². The molecule has 2 aliphatic heterocycles. The van der Waals surface area contributed by atoms with Gasteiger partial charge in [0, 0.05) is 41.2 Å². The third-order valence-electron chi connectivity index (χ3n) is 12.0. The van der Waals surface area contributed by atoms with Gasteiger partial charge in [-0.15, -0.1) is 11.3 Å². The highest BCUT2D eigenvalue weighted by Crippen LogP contribution is 2.64. The van der Waals surface area contributed by atoms with Gasteiger partial charge in [0.2, 0.25) is 23.6 Å². The van der Waals surface area contributed by atoms with E-state index in [2.05, 4.69) is 0 Å². The molecule has 50 heavy (non-hydrogen) atoms. The van der Waals surface area contributed by atoms with Crippen molar-refractivity contribution in [3.8, 4) is 16.3 Å². The van der Waals surface area contributed by atoms with E-state index in [1.807, 2.05) is 68.5 Å². The zero-order valence-corrected chi connectivity index (χ0v) is 29.4. The van der Waals surface area contributed by atoms with Crippen LogP contribution in [0.2, 0.25) is 5.02 Å². The molecule has 2 saturated heterocycles. The number of aromatic hydroxyl groups is 1. The van der Waals surface area contributed by atoms with Crippen LogP contribution in [0.1, 0.15) is 36.8 Å². The average Bonchev–Trinajstić information content (AvgIpc) is 3.76. The lowest BCUT2D eigenvalue weighted by Gasteiger charge is -2.49. The van der Waals surface area contributed by atoms with Crippen LogP contribution in [0.3, 0.4) is 0 Å². The monoisotopic (exact) mass is 704 g/mol. The molecule has 11 heteroatoms. The Morgan fingerprint density at radius 3 is 2.46 bits per heavy atom. The van der Waals surface area contributed by atoms with Gasteiger partial charge in [-0.2, -0.15) is 5.10 Å². The van der Waals surface area contributed by atoms with Gasteiger partial charge in [0.25, 0.3) is 0 Å². The Balaban J connectivity index is 1.21. The van der Waals surface area contributed by atoms with Crippen LogP contribution in [0.5, 0.6) is 5.75 Å². The van der Waals surface area contributed by atoms with Crippen LogP contribution in [0.15, 0.2) is 72.3 Å². The molecule has 4 heterocycles. The number of benzene rings is 3. The van der Waals surface area contributed by atoms with Gasteiger partial charge in [-0.05, 0) is 78.8 Å². The van der Waals surface area contributed by atoms with E-state index in [0.29, 0.717) is 28.3 Å². The first kappa shape index (κ1) is 31.2. The highest BCUT2D eigenvalue weighted by Gasteiger charge is 2.68. The molecule has 3 aromatic carbocycles. The normalized spacial score (nSPS) is 27.7. The minimum atomic E-state index is -1.22. The molecule has 2 aromatic heterocycles. The van der Waals surface area contributed by atoms with Crippen molar-refractivity contribution in [2.75, 3.05) is 11.9 Å². The van der Waals surface area contributed by atoms with Gasteiger partial charge in [-0.25, -0.2) is 4.90 Å². The van der Waals surface area contributed by atoms with E-state index in [0.717, 1.165) is 37.0 Å². The second-order valence-electron chi connectivity index (χ2n) is 14.3. The molecule has 4 amide bonds. The Morgan fingerprint density at radius 1 is 0.920 bits per heavy atom. The molecule has 4 aliphatic rings. The number of carbonyl (C=O) groups excluding carboxylic acids is 4. The number of aryl methyl sites for hydroxylation is 2. The number of phenols is 1. The fraction of sp³-hybridized carbons (Fsp3) is 0.308. The molecular formula is C39H33ClN4O5S. The first-order valence-electron chi connectivity index (χ1n) is 16.7. The zero-order valence-electron chi connectivity index (χ0n) is 27.8. The summed E-state index contributed by atoms with van der Waals surface area (Å²) in [6.07, 6.45) is 2.70. The fourth-order valence-electron chi connectivity index (χ4n) is 9.51. The summed E-state index contributed by atoms with van der Waals surface area (Å²) in [6.45, 7) is 3.89. The highest BCUT2D eigenvalue weighted by atomic mass is 35.5. The number of halogens is 1. The lowest BCUT2D eigenvalue weighted by Crippen LogP contribution is -2.48. The zero-order chi connectivity index (χ0) is 35.0. The number of amides is 4. The molecule has 1 saturated carbocycles. The van der Waals surface area contributed by atoms with Gasteiger partial charge in [-0.1, -0.05) is 53.6 Å². The van der Waals surface area contributed by atoms with Crippen LogP contribution in [-0.4, -0.2) is 50.5 Å². The number of anilines is 1. The van der Waals surface area contributed by atoms with Crippen LogP contribution in [-0.2, 0) is 26.2 Å². The fourth-order valence-corrected chi connectivity index (χ4v) is 10.8. The number of hydrogen-bond donors (Lipinski definition) is 1. The lowest BCUT2D eigenvalue weighted by atomic mass is 9.51. The predicted octanol–water partition coefficient (Wildman–Crippen LogP) is 6.98. The predicted molar refractivity (Wildman–Crippen MR) is 192 cm³/mol. The SMILES string of the molecule is Cc1c(-c2cc(N3C(=O)[C@@H]4C[C@@H]5C(=CC[C@@H]6C(=O)N(C)C(=O)[C@@H]65)[C@H](c5ccc(O)c6ccccc56)[C@]4(C)C3=O)n(C)n2)sc2ccc(Cl)cc12. The quantitative estimate of drug-likeness (QED) is 0.160. The van der Waals surface area contributed by atoms with Gasteiger partial charge >= 0.3 is 0 Å². The molecule has 252 valence electrons. The number of carbonyl (C=O) groups is 4. The van der Waals surface area contributed by atoms with Gasteiger partial charge in [0.1, 0.15) is 17.3 Å². The molecule has 9 nitrogen and oxygen atoms in total. The van der Waals surface area contributed by atoms with Gasteiger partial charge in [0.15, 0.2) is 0 Å². The summed E-state index contributed by atoms with van der Waals surface area (Å²) < 4.78 is 2.65. The Hall–Kier alpha value is -4.80. The first-order chi connectivity index (χ1) is 23.9. The maximum atomic E-state index is 15.1. The molecule has 5 aromatic rings. The number of hydrogen-bond acceptors (Lipinski definition) is 7. The topological polar surface area (TPSA) is 113 Å². The maximum absolute atomic E-state index is 15.1. The molecule has 3 fully saturated rings. The average molecular weight is 705 g/mol. The molecule has 2 aliphatic carbocycles. The van der Waals surface area contributed by atoms with Gasteiger partial charge < -0.3 is 5.11 Å². The molecule has 0 unspecified atom stereocenters. The molecule has 0 bridgehead atoms. The van der Waals surface area contributed by atoms with E-state index in [1.54, 1.807) is 35.2 Å². The lowest BCUT2D eigenvalue weighted by molar-refractivity contribution is -0.138. The number of fused-ring (bicyclic) bond motifs is 6. The Kier molecular flexibility index (Phi) is 6.62. The number of thiophene rings is 1. The summed E-state index contributed by atoms with van der Waals surface area (Å²) in [5.41, 5.74) is 2.15. The molecule has 9 rings (SSSR count). The second kappa shape index (κ2) is 10.6. The molecular weight excluding hydrogens is 672 g/mol. The Labute approximate surface area is 296 Å². The van der Waals surface area contributed by atoms with E-state index in [9.17, 15) is 19.5 Å². The Morgan fingerprint density at radius 2 is 1.68 bits per heavy atom. The summed E-state index contributed by atoms with van der Waals surface area (Å²) in [6, 6.07) is 18.5. The second-order valence-corrected chi connectivity index (χ2v) is 15.8. The van der Waals surface area contributed by atoms with Crippen LogP contribution < -0.4 is 4.90 Å². The minimum Gasteiger partial charge on any atom is -0.507 e. The molecule has 0 spiro atoms. The van der Waals surface area contributed by atoms with Crippen molar-refractivity contribution in [3.63, 3.8) is 0 Å². The van der Waals surface area contributed by atoms with Crippen molar-refractivity contribution >= 4 is 73.2 Å². The number of imide groups is 2. The van der Waals surface area contributed by atoms with Crippen molar-refractivity contribution in [3.05, 3.63) is 88.5 Å². The molecule has 6 atom stereocenters. The van der Waals surface area contributed by atoms with E-state index in [4.69, 9.17) is 16.7 Å². The van der Waals surface area contributed by atoms with Gasteiger partial charge in [0.05, 0.1) is 28.0 Å². The summed E-state index contributed by atoms with van der Waals surface area (Å²) in [7, 11) is 3.26. The van der Waals surface area contributed by atoms with Crippen molar-refractivity contribution < 1.29 is 24.3 Å². The number of likely N-dealkylation sites (tertiary alicyclic amines) is 1. The largest absolute Gasteiger partial charge is 0.507 e. The number of nitrogens with zero attached hydrogens (tertiary/aromatic N) is 4. The molecule has 1 N–H and O–H groups in total. The summed E-state index contributed by atoms with van der Waals surface area (Å²) in [4.78, 5) is 60.2. The number of rotatable bonds is 3. The van der Waals surface area contributed by atoms with E-state index in [-0.39, 0.29) is 35.8 Å². The van der Waals surface area contributed by atoms with Crippen LogP contribution >= 0.6 is 22.9 Å². The van der Waals surface area contributed by atoms with Crippen molar-refractivity contribution in [2.45, 2.75) is 32.6 Å². The molecule has 0 radical (unpaired) electrons. The standard InChI is InChI=1S/C39H33ClN4O5S/c1-18-25-15-19(40)9-14-30(25)50-34(18)28-17-31(43(4)41-28)44-36(47)27-16-26-23(10-11-24-32(26)37(48)42(3)35(24)46)33(39(27,2)38(44)49)22-12-13-29(45)21-8-6-5-7-20(21)22/h5-10,12-15,17,24,26-27,32-33,45H,11,16H2,1-4H3/t24-,26+,27-,32-,33-,39+/m0/s1. The highest BCUT2D eigenvalue weighted by molar-refractivity contribution is 7.22. The van der Waals surface area contributed by atoms with E-state index in [1.165, 1.54) is 16.8 Å². The van der Waals surface area contributed by atoms with E-state index >= 15 is 4.79 Å². The summed E-state index contributed by atoms with van der Waals surface area (Å²) in [5, 5.41) is 18.7. The summed E-state index contributed by atoms with van der Waals surface area (Å²) >= 11 is 7.89. The van der Waals surface area contributed by atoms with Crippen LogP contribution in [0, 0.1) is 36.0 Å². The van der Waals surface area contributed by atoms with Gasteiger partial charge in [-0.3, -0.25) is 28.8 Å². The third kappa shape index (κ3) is 3.97. The Bertz CT molecular complexity index is 2410. The number of aromatic nitrogens is 2. The minimum absolute atomic E-state index is 0.117. The van der Waals surface area contributed by atoms with Crippen molar-refractivity contribution in [1.29, 1.82) is 0 Å². The van der Waals surface area contributed by atoms with Crippen LogP contribution in [0.4, 0.5) is 5.82 Å². The third-order valence-corrected chi connectivity index (χ3v) is 13.5. The van der Waals surface area contributed by atoms with Crippen molar-refractivity contribution in [1.82, 2.24) is 14.7 Å². The first-order valence-corrected chi connectivity index (χ1v) is 17.9. The number of phenolic OH excluding ortho intramolecular Hbond substituents is 1. The number of allylic oxidation sites excluding steroid dienone is 2.